The average Bonchev–Trinajstić information content (AvgIpc) is 3.35. The van der Waals surface area contributed by atoms with Crippen LogP contribution in [0.1, 0.15) is 44.7 Å². The Morgan fingerprint density at radius 3 is 2.71 bits per heavy atom. The summed E-state index contributed by atoms with van der Waals surface area (Å²) in [6.45, 7) is 6.54. The molecule has 1 saturated carbocycles. The highest BCUT2D eigenvalue weighted by atomic mass is 35.5. The van der Waals surface area contributed by atoms with Crippen molar-refractivity contribution in [1.29, 1.82) is 0 Å². The van der Waals surface area contributed by atoms with Crippen molar-refractivity contribution in [2.75, 3.05) is 6.61 Å². The molecule has 3 nitrogen and oxygen atoms in total. The van der Waals surface area contributed by atoms with Crippen molar-refractivity contribution in [3.63, 3.8) is 0 Å². The molecule has 0 bridgehead atoms. The number of fused-ring (bicyclic) bond motifs is 1. The minimum absolute atomic E-state index is 0.0272. The van der Waals surface area contributed by atoms with Crippen LogP contribution in [-0.4, -0.2) is 18.2 Å². The highest BCUT2D eigenvalue weighted by Gasteiger charge is 2.43. The van der Waals surface area contributed by atoms with E-state index < -0.39 is 0 Å². The molecule has 0 aromatic heterocycles. The van der Waals surface area contributed by atoms with Gasteiger partial charge in [0.1, 0.15) is 11.4 Å². The molecule has 1 aliphatic heterocycles. The van der Waals surface area contributed by atoms with Gasteiger partial charge in [-0.25, -0.2) is 0 Å². The number of hydrogen-bond acceptors (Lipinski definition) is 3. The molecule has 0 spiro atoms. The van der Waals surface area contributed by atoms with Crippen molar-refractivity contribution in [2.45, 2.75) is 52.1 Å². The number of ether oxygens (including phenoxy) is 2. The third-order valence-electron chi connectivity index (χ3n) is 5.71. The number of aryl methyl sites for hydroxylation is 1. The van der Waals surface area contributed by atoms with Crippen LogP contribution in [0.4, 0.5) is 0 Å². The zero-order chi connectivity index (χ0) is 19.9. The maximum Gasteiger partial charge on any atom is 0.309 e. The smallest absolute Gasteiger partial charge is 0.309 e. The fourth-order valence-electron chi connectivity index (χ4n) is 4.20. The number of carbonyl (C=O) groups is 1. The molecule has 1 heterocycles. The second-order valence-corrected chi connectivity index (χ2v) is 9.01. The van der Waals surface area contributed by atoms with Gasteiger partial charge in [-0.15, -0.1) is 0 Å². The summed E-state index contributed by atoms with van der Waals surface area (Å²) >= 11 is 6.36. The van der Waals surface area contributed by atoms with Crippen LogP contribution in [0.3, 0.4) is 0 Å². The predicted molar refractivity (Wildman–Crippen MR) is 112 cm³/mol. The van der Waals surface area contributed by atoms with Crippen molar-refractivity contribution in [3.05, 3.63) is 52.5 Å². The molecule has 0 amide bonds. The highest BCUT2D eigenvalue weighted by Crippen LogP contribution is 2.45. The van der Waals surface area contributed by atoms with E-state index in [2.05, 4.69) is 38.1 Å². The summed E-state index contributed by atoms with van der Waals surface area (Å²) in [6, 6.07) is 12.6. The summed E-state index contributed by atoms with van der Waals surface area (Å²) in [5.41, 5.74) is 4.45. The quantitative estimate of drug-likeness (QED) is 0.572. The summed E-state index contributed by atoms with van der Waals surface area (Å²) in [5, 5.41) is 0.748. The van der Waals surface area contributed by atoms with Crippen LogP contribution in [0.5, 0.6) is 5.75 Å². The summed E-state index contributed by atoms with van der Waals surface area (Å²) in [7, 11) is 0. The highest BCUT2D eigenvalue weighted by molar-refractivity contribution is 6.31. The number of halogens is 1. The Labute approximate surface area is 172 Å². The molecule has 2 aliphatic rings. The monoisotopic (exact) mass is 398 g/mol. The Morgan fingerprint density at radius 2 is 2.00 bits per heavy atom. The van der Waals surface area contributed by atoms with Gasteiger partial charge in [-0.05, 0) is 69.2 Å². The van der Waals surface area contributed by atoms with E-state index in [0.29, 0.717) is 12.5 Å². The van der Waals surface area contributed by atoms with Crippen LogP contribution in [0.15, 0.2) is 36.4 Å². The first kappa shape index (κ1) is 19.3. The Kier molecular flexibility index (Phi) is 5.13. The molecule has 4 heteroatoms. The molecule has 2 aromatic carbocycles. The molecule has 4 rings (SSSR count). The van der Waals surface area contributed by atoms with Crippen molar-refractivity contribution >= 4 is 17.6 Å². The molecule has 1 aliphatic carbocycles. The number of carbonyl (C=O) groups excluding carboxylic acids is 1. The van der Waals surface area contributed by atoms with E-state index in [1.54, 1.807) is 0 Å². The second-order valence-electron chi connectivity index (χ2n) is 8.57. The first-order valence-electron chi connectivity index (χ1n) is 10.1. The number of benzene rings is 2. The zero-order valence-corrected chi connectivity index (χ0v) is 17.5. The average molecular weight is 399 g/mol. The summed E-state index contributed by atoms with van der Waals surface area (Å²) < 4.78 is 11.3. The van der Waals surface area contributed by atoms with Gasteiger partial charge >= 0.3 is 5.97 Å². The topological polar surface area (TPSA) is 35.5 Å². The van der Waals surface area contributed by atoms with E-state index in [9.17, 15) is 4.79 Å². The molecular formula is C24H27ClO3. The van der Waals surface area contributed by atoms with Crippen molar-refractivity contribution in [2.24, 2.45) is 11.8 Å². The van der Waals surface area contributed by atoms with E-state index in [0.717, 1.165) is 47.6 Å². The molecule has 0 saturated heterocycles. The zero-order valence-electron chi connectivity index (χ0n) is 16.8. The predicted octanol–water partition coefficient (Wildman–Crippen LogP) is 5.85. The number of rotatable bonds is 6. The maximum absolute atomic E-state index is 11.7. The first-order valence-corrected chi connectivity index (χ1v) is 10.5. The van der Waals surface area contributed by atoms with Crippen LogP contribution in [0.2, 0.25) is 5.02 Å². The largest absolute Gasteiger partial charge is 0.487 e. The summed E-state index contributed by atoms with van der Waals surface area (Å²) in [4.78, 5) is 11.7. The Balaban J connectivity index is 1.43. The molecule has 2 atom stereocenters. The molecule has 1 fully saturated rings. The standard InChI is InChI=1S/C24H27ClO3/c1-4-27-23(26)21-12-17(21)10-7-15-5-8-16(9-6-15)20-13-19(25)11-18-14-24(2,3)28-22(18)20/h5-6,8-9,11,13,17,21H,4,7,10,12,14H2,1-3H3/t17-,21-/m1/s1. The Hall–Kier alpha value is -2.00. The van der Waals surface area contributed by atoms with Gasteiger partial charge in [-0.3, -0.25) is 4.79 Å². The van der Waals surface area contributed by atoms with E-state index in [1.807, 2.05) is 19.1 Å². The van der Waals surface area contributed by atoms with E-state index in [1.165, 1.54) is 11.1 Å². The van der Waals surface area contributed by atoms with Crippen LogP contribution < -0.4 is 4.74 Å². The van der Waals surface area contributed by atoms with E-state index in [-0.39, 0.29) is 17.5 Å². The normalized spacial score (nSPS) is 21.7. The fourth-order valence-corrected chi connectivity index (χ4v) is 4.44. The Bertz CT molecular complexity index is 885. The number of hydrogen-bond donors (Lipinski definition) is 0. The molecular weight excluding hydrogens is 372 g/mol. The van der Waals surface area contributed by atoms with Crippen LogP contribution in [-0.2, 0) is 22.4 Å². The van der Waals surface area contributed by atoms with Crippen LogP contribution >= 0.6 is 11.6 Å². The molecule has 0 N–H and O–H groups in total. The van der Waals surface area contributed by atoms with Crippen molar-refractivity contribution in [3.8, 4) is 16.9 Å². The summed E-state index contributed by atoms with van der Waals surface area (Å²) in [5.74, 6) is 1.53. The fraction of sp³-hybridized carbons (Fsp3) is 0.458. The van der Waals surface area contributed by atoms with E-state index >= 15 is 0 Å². The summed E-state index contributed by atoms with van der Waals surface area (Å²) in [6.07, 6.45) is 3.86. The lowest BCUT2D eigenvalue weighted by Gasteiger charge is -2.18. The van der Waals surface area contributed by atoms with Gasteiger partial charge in [0.05, 0.1) is 12.5 Å². The lowest BCUT2D eigenvalue weighted by molar-refractivity contribution is -0.145. The Morgan fingerprint density at radius 1 is 1.25 bits per heavy atom. The van der Waals surface area contributed by atoms with Gasteiger partial charge in [0.15, 0.2) is 0 Å². The molecule has 0 radical (unpaired) electrons. The van der Waals surface area contributed by atoms with Gasteiger partial charge in [-0.2, -0.15) is 0 Å². The van der Waals surface area contributed by atoms with Gasteiger partial charge < -0.3 is 9.47 Å². The maximum atomic E-state index is 11.7. The SMILES string of the molecule is CCOC(=O)[C@@H]1C[C@H]1CCc1ccc(-c2cc(Cl)cc3c2OC(C)(C)C3)cc1. The molecule has 148 valence electrons. The third kappa shape index (κ3) is 4.05. The van der Waals surface area contributed by atoms with Gasteiger partial charge in [0.2, 0.25) is 0 Å². The van der Waals surface area contributed by atoms with Gasteiger partial charge in [-0.1, -0.05) is 35.9 Å². The van der Waals surface area contributed by atoms with Crippen molar-refractivity contribution < 1.29 is 14.3 Å². The van der Waals surface area contributed by atoms with Crippen molar-refractivity contribution in [1.82, 2.24) is 0 Å². The van der Waals surface area contributed by atoms with Gasteiger partial charge in [0, 0.05) is 22.6 Å². The second kappa shape index (κ2) is 7.44. The molecule has 0 unspecified atom stereocenters. The minimum atomic E-state index is -0.193. The van der Waals surface area contributed by atoms with Gasteiger partial charge in [0.25, 0.3) is 0 Å². The van der Waals surface area contributed by atoms with Crippen LogP contribution in [0.25, 0.3) is 11.1 Å². The lowest BCUT2D eigenvalue weighted by atomic mass is 9.96. The molecule has 2 aromatic rings. The lowest BCUT2D eigenvalue weighted by Crippen LogP contribution is -2.24. The molecule has 28 heavy (non-hydrogen) atoms. The third-order valence-corrected chi connectivity index (χ3v) is 5.92. The first-order chi connectivity index (χ1) is 13.4. The number of esters is 1. The minimum Gasteiger partial charge on any atom is -0.487 e. The van der Waals surface area contributed by atoms with E-state index in [4.69, 9.17) is 21.1 Å². The van der Waals surface area contributed by atoms with Crippen LogP contribution in [0, 0.1) is 11.8 Å².